The van der Waals surface area contributed by atoms with E-state index >= 15 is 0 Å². The van der Waals surface area contributed by atoms with E-state index in [9.17, 15) is 18.0 Å². The Hall–Kier alpha value is -3.67. The largest absolute Gasteiger partial charge is 0.493 e. The molecule has 1 aromatic carbocycles. The number of esters is 1. The summed E-state index contributed by atoms with van der Waals surface area (Å²) >= 11 is 0. The number of ether oxygens (including phenoxy) is 2. The number of anilines is 1. The predicted octanol–water partition coefficient (Wildman–Crippen LogP) is 3.76. The third-order valence-corrected chi connectivity index (χ3v) is 9.02. The number of hydrogen-bond donors (Lipinski definition) is 1. The van der Waals surface area contributed by atoms with Crippen molar-refractivity contribution in [1.82, 2.24) is 19.4 Å². The monoisotopic (exact) mass is 597 g/mol. The molecule has 0 unspecified atom stereocenters. The minimum absolute atomic E-state index is 0.0228. The van der Waals surface area contributed by atoms with Gasteiger partial charge >= 0.3 is 5.97 Å². The highest BCUT2D eigenvalue weighted by Gasteiger charge is 2.32. The summed E-state index contributed by atoms with van der Waals surface area (Å²) in [5.74, 6) is 2.04. The van der Waals surface area contributed by atoms with E-state index in [-0.39, 0.29) is 35.7 Å². The van der Waals surface area contributed by atoms with Crippen LogP contribution in [-0.2, 0) is 24.2 Å². The van der Waals surface area contributed by atoms with Crippen molar-refractivity contribution in [3.63, 3.8) is 0 Å². The number of hydrogen-bond acceptors (Lipinski definition) is 9. The quantitative estimate of drug-likeness (QED) is 0.274. The zero-order valence-corrected chi connectivity index (χ0v) is 25.0. The molecule has 0 spiro atoms. The van der Waals surface area contributed by atoms with Crippen molar-refractivity contribution in [2.24, 2.45) is 5.92 Å². The first-order valence-electron chi connectivity index (χ1n) is 14.6. The number of nitrogens with one attached hydrogen (secondary N) is 1. The smallest absolute Gasteiger partial charge is 0.302 e. The molecule has 1 aliphatic carbocycles. The summed E-state index contributed by atoms with van der Waals surface area (Å²) in [4.78, 5) is 35.5. The third-order valence-electron chi connectivity index (χ3n) is 7.99. The third kappa shape index (κ3) is 7.58. The van der Waals surface area contributed by atoms with Crippen LogP contribution in [0.2, 0.25) is 0 Å². The number of benzene rings is 1. The summed E-state index contributed by atoms with van der Waals surface area (Å²) in [6.07, 6.45) is 10.0. The van der Waals surface area contributed by atoms with E-state index in [1.54, 1.807) is 6.20 Å². The zero-order chi connectivity index (χ0) is 29.7. The molecule has 1 N–H and O–H groups in total. The van der Waals surface area contributed by atoms with Crippen LogP contribution in [0.1, 0.15) is 51.9 Å². The van der Waals surface area contributed by atoms with Crippen LogP contribution < -0.4 is 10.1 Å². The van der Waals surface area contributed by atoms with Gasteiger partial charge in [-0.2, -0.15) is 4.98 Å². The average Bonchev–Trinajstić information content (AvgIpc) is 3.40. The molecule has 226 valence electrons. The number of likely N-dealkylation sites (tertiary alicyclic amines) is 1. The normalized spacial score (nSPS) is 19.9. The van der Waals surface area contributed by atoms with Gasteiger partial charge in [-0.1, -0.05) is 6.07 Å². The number of carbonyl (C=O) groups excluding carboxylic acids is 2. The van der Waals surface area contributed by atoms with Gasteiger partial charge in [0.1, 0.15) is 27.5 Å². The highest BCUT2D eigenvalue weighted by molar-refractivity contribution is 7.90. The van der Waals surface area contributed by atoms with Crippen molar-refractivity contribution in [2.75, 3.05) is 37.0 Å². The van der Waals surface area contributed by atoms with Crippen LogP contribution in [0.3, 0.4) is 0 Å². The Balaban J connectivity index is 1.15. The lowest BCUT2D eigenvalue weighted by molar-refractivity contribution is -0.150. The van der Waals surface area contributed by atoms with Crippen LogP contribution >= 0.6 is 0 Å². The highest BCUT2D eigenvalue weighted by Crippen LogP contribution is 2.30. The van der Waals surface area contributed by atoms with E-state index in [1.165, 1.54) is 13.2 Å². The van der Waals surface area contributed by atoms with Gasteiger partial charge in [-0.25, -0.2) is 13.4 Å². The molecule has 3 heterocycles. The fourth-order valence-electron chi connectivity index (χ4n) is 5.88. The molecule has 3 aromatic rings. The Morgan fingerprint density at radius 1 is 1.05 bits per heavy atom. The minimum Gasteiger partial charge on any atom is -0.493 e. The van der Waals surface area contributed by atoms with Gasteiger partial charge in [0, 0.05) is 68.9 Å². The van der Waals surface area contributed by atoms with Gasteiger partial charge in [-0.3, -0.25) is 9.59 Å². The highest BCUT2D eigenvalue weighted by atomic mass is 32.2. The summed E-state index contributed by atoms with van der Waals surface area (Å²) in [6.45, 7) is 3.02. The zero-order valence-electron chi connectivity index (χ0n) is 24.2. The van der Waals surface area contributed by atoms with Gasteiger partial charge in [-0.15, -0.1) is 0 Å². The number of rotatable bonds is 10. The molecule has 42 heavy (non-hydrogen) atoms. The van der Waals surface area contributed by atoms with Crippen LogP contribution in [0.4, 0.5) is 5.95 Å². The molecule has 0 atom stereocenters. The molecule has 0 bridgehead atoms. The lowest BCUT2D eigenvalue weighted by Crippen LogP contribution is -2.45. The molecule has 1 amide bonds. The average molecular weight is 598 g/mol. The Morgan fingerprint density at radius 3 is 2.52 bits per heavy atom. The van der Waals surface area contributed by atoms with Crippen LogP contribution in [0.15, 0.2) is 42.7 Å². The van der Waals surface area contributed by atoms with Crippen molar-refractivity contribution in [3.8, 4) is 11.6 Å². The van der Waals surface area contributed by atoms with Crippen molar-refractivity contribution in [3.05, 3.63) is 42.7 Å². The van der Waals surface area contributed by atoms with Gasteiger partial charge in [0.15, 0.2) is 0 Å². The maximum absolute atomic E-state index is 13.1. The lowest BCUT2D eigenvalue weighted by Gasteiger charge is -2.36. The van der Waals surface area contributed by atoms with E-state index in [0.29, 0.717) is 50.7 Å². The van der Waals surface area contributed by atoms with Gasteiger partial charge in [0.05, 0.1) is 17.9 Å². The SMILES string of the molecule is CC(=O)OC1CCN(C(=O)C2CCC(Nc3nccc(-n4ccc5c(OCCCS(C)(=O)=O)cccc54)n3)CC2)CC1. The summed E-state index contributed by atoms with van der Waals surface area (Å²) < 4.78 is 36.0. The van der Waals surface area contributed by atoms with E-state index in [0.717, 1.165) is 42.4 Å². The first kappa shape index (κ1) is 29.8. The number of nitrogens with zero attached hydrogens (tertiary/aromatic N) is 4. The standard InChI is InChI=1S/C30H39N5O6S/c1-21(36)41-24-12-16-34(17-13-24)29(37)22-7-9-23(10-8-22)32-30-31-15-11-28(33-30)35-18-14-25-26(35)5-3-6-27(25)40-19-4-20-42(2,38)39/h3,5-6,11,14-15,18,22-24H,4,7-10,12-13,16-17,19-20H2,1-2H3,(H,31,32,33). The number of aromatic nitrogens is 3. The molecule has 1 saturated heterocycles. The van der Waals surface area contributed by atoms with Crippen molar-refractivity contribution in [2.45, 2.75) is 64.0 Å². The van der Waals surface area contributed by atoms with Crippen molar-refractivity contribution >= 4 is 38.6 Å². The minimum atomic E-state index is -3.02. The fraction of sp³-hybridized carbons (Fsp3) is 0.533. The topological polar surface area (TPSA) is 133 Å². The predicted molar refractivity (Wildman–Crippen MR) is 159 cm³/mol. The molecule has 0 radical (unpaired) electrons. The first-order valence-corrected chi connectivity index (χ1v) is 16.7. The summed E-state index contributed by atoms with van der Waals surface area (Å²) in [6, 6.07) is 9.79. The van der Waals surface area contributed by atoms with E-state index < -0.39 is 9.84 Å². The van der Waals surface area contributed by atoms with Crippen LogP contribution in [-0.4, -0.2) is 83.6 Å². The molecule has 1 aliphatic heterocycles. The number of sulfone groups is 1. The first-order chi connectivity index (χ1) is 20.2. The lowest BCUT2D eigenvalue weighted by atomic mass is 9.85. The summed E-state index contributed by atoms with van der Waals surface area (Å²) in [5, 5.41) is 4.39. The molecule has 1 saturated carbocycles. The van der Waals surface area contributed by atoms with Crippen LogP contribution in [0, 0.1) is 5.92 Å². The number of carbonyl (C=O) groups is 2. The maximum atomic E-state index is 13.1. The number of amides is 1. The molecule has 2 fully saturated rings. The van der Waals surface area contributed by atoms with Gasteiger partial charge in [0.2, 0.25) is 11.9 Å². The Bertz CT molecular complexity index is 1510. The molecule has 5 rings (SSSR count). The summed E-state index contributed by atoms with van der Waals surface area (Å²) in [5.41, 5.74) is 0.927. The van der Waals surface area contributed by atoms with Crippen LogP contribution in [0.5, 0.6) is 5.75 Å². The fourth-order valence-corrected chi connectivity index (χ4v) is 6.52. The second kappa shape index (κ2) is 13.1. The Kier molecular flexibility index (Phi) is 9.30. The van der Waals surface area contributed by atoms with Crippen molar-refractivity contribution < 1.29 is 27.5 Å². The molecular weight excluding hydrogens is 558 g/mol. The Morgan fingerprint density at radius 2 is 1.81 bits per heavy atom. The summed E-state index contributed by atoms with van der Waals surface area (Å²) in [7, 11) is -3.02. The molecule has 2 aromatic heterocycles. The van der Waals surface area contributed by atoms with Gasteiger partial charge in [0.25, 0.3) is 0 Å². The van der Waals surface area contributed by atoms with Crippen LogP contribution in [0.25, 0.3) is 16.7 Å². The molecular formula is C30H39N5O6S. The number of fused-ring (bicyclic) bond motifs is 1. The van der Waals surface area contributed by atoms with E-state index in [4.69, 9.17) is 14.5 Å². The number of piperidine rings is 1. The van der Waals surface area contributed by atoms with E-state index in [2.05, 4.69) is 10.3 Å². The molecule has 2 aliphatic rings. The Labute approximate surface area is 246 Å². The van der Waals surface area contributed by atoms with Gasteiger partial charge in [-0.05, 0) is 56.4 Å². The molecule has 11 nitrogen and oxygen atoms in total. The second-order valence-corrected chi connectivity index (χ2v) is 13.5. The van der Waals surface area contributed by atoms with Gasteiger partial charge < -0.3 is 24.3 Å². The van der Waals surface area contributed by atoms with Crippen molar-refractivity contribution in [1.29, 1.82) is 0 Å². The molecule has 12 heteroatoms. The maximum Gasteiger partial charge on any atom is 0.302 e. The second-order valence-electron chi connectivity index (χ2n) is 11.3. The van der Waals surface area contributed by atoms with E-state index in [1.807, 2.05) is 46.0 Å².